The summed E-state index contributed by atoms with van der Waals surface area (Å²) in [6, 6.07) is 17.7. The number of benzene rings is 1. The Hall–Kier alpha value is -2.95. The number of hydrogen-bond donors (Lipinski definition) is 1. The minimum atomic E-state index is 0.0657. The highest BCUT2D eigenvalue weighted by Crippen LogP contribution is 2.12. The maximum Gasteiger partial charge on any atom is 0.220 e. The third kappa shape index (κ3) is 4.52. The smallest absolute Gasteiger partial charge is 0.220 e. The lowest BCUT2D eigenvalue weighted by atomic mass is 10.1. The zero-order valence-corrected chi connectivity index (χ0v) is 13.4. The van der Waals surface area contributed by atoms with Gasteiger partial charge in [-0.25, -0.2) is 0 Å². The fourth-order valence-corrected chi connectivity index (χ4v) is 2.44. The third-order valence-corrected chi connectivity index (χ3v) is 3.71. The molecule has 0 bridgehead atoms. The van der Waals surface area contributed by atoms with Crippen molar-refractivity contribution in [1.29, 1.82) is 0 Å². The van der Waals surface area contributed by atoms with Gasteiger partial charge in [0, 0.05) is 25.4 Å². The van der Waals surface area contributed by atoms with Crippen LogP contribution in [0.1, 0.15) is 12.0 Å². The lowest BCUT2D eigenvalue weighted by Gasteiger charge is -2.05. The summed E-state index contributed by atoms with van der Waals surface area (Å²) >= 11 is 0. The van der Waals surface area contributed by atoms with Crippen LogP contribution in [-0.2, 0) is 17.8 Å². The molecule has 3 aromatic rings. The molecule has 0 fully saturated rings. The molecule has 24 heavy (non-hydrogen) atoms. The van der Waals surface area contributed by atoms with Gasteiger partial charge < -0.3 is 5.32 Å². The molecular formula is C19H20N4O. The zero-order chi connectivity index (χ0) is 16.6. The van der Waals surface area contributed by atoms with E-state index < -0.39 is 0 Å². The number of carbonyl (C=O) groups is 1. The molecule has 0 saturated heterocycles. The summed E-state index contributed by atoms with van der Waals surface area (Å²) < 4.78 is 1.82. The molecular weight excluding hydrogens is 300 g/mol. The van der Waals surface area contributed by atoms with Crippen molar-refractivity contribution in [3.8, 4) is 11.4 Å². The van der Waals surface area contributed by atoms with E-state index in [1.165, 1.54) is 5.56 Å². The Morgan fingerprint density at radius 3 is 2.62 bits per heavy atom. The van der Waals surface area contributed by atoms with E-state index >= 15 is 0 Å². The quantitative estimate of drug-likeness (QED) is 0.728. The molecule has 122 valence electrons. The van der Waals surface area contributed by atoms with E-state index in [4.69, 9.17) is 0 Å². The number of hydrogen-bond acceptors (Lipinski definition) is 3. The van der Waals surface area contributed by atoms with E-state index in [0.29, 0.717) is 19.5 Å². The highest BCUT2D eigenvalue weighted by atomic mass is 16.1. The summed E-state index contributed by atoms with van der Waals surface area (Å²) in [5, 5.41) is 7.41. The molecule has 2 heterocycles. The Balaban J connectivity index is 1.42. The Morgan fingerprint density at radius 2 is 1.83 bits per heavy atom. The lowest BCUT2D eigenvalue weighted by molar-refractivity contribution is -0.121. The molecule has 0 aliphatic heterocycles. The molecule has 0 saturated carbocycles. The maximum absolute atomic E-state index is 11.9. The number of nitrogens with zero attached hydrogens (tertiary/aromatic N) is 3. The van der Waals surface area contributed by atoms with Gasteiger partial charge in [-0.2, -0.15) is 5.10 Å². The first-order valence-electron chi connectivity index (χ1n) is 8.07. The van der Waals surface area contributed by atoms with Crippen LogP contribution in [-0.4, -0.2) is 27.2 Å². The average molecular weight is 320 g/mol. The number of pyridine rings is 1. The number of aromatic nitrogens is 3. The topological polar surface area (TPSA) is 59.8 Å². The van der Waals surface area contributed by atoms with Gasteiger partial charge in [0.2, 0.25) is 5.91 Å². The van der Waals surface area contributed by atoms with Crippen molar-refractivity contribution in [2.24, 2.45) is 0 Å². The first-order valence-corrected chi connectivity index (χ1v) is 8.07. The number of carbonyl (C=O) groups excluding carboxylic acids is 1. The van der Waals surface area contributed by atoms with Gasteiger partial charge in [-0.05, 0) is 30.2 Å². The van der Waals surface area contributed by atoms with Crippen LogP contribution in [0, 0.1) is 0 Å². The standard InChI is InChI=1S/C19H20N4O/c24-19(10-9-16-6-2-1-3-7-16)21-13-15-23-14-11-18(22-23)17-8-4-5-12-20-17/h1-8,11-12,14H,9-10,13,15H2,(H,21,24). The van der Waals surface area contributed by atoms with E-state index in [1.807, 2.05) is 65.5 Å². The molecule has 0 unspecified atom stereocenters. The van der Waals surface area contributed by atoms with E-state index in [9.17, 15) is 4.79 Å². The minimum absolute atomic E-state index is 0.0657. The number of amides is 1. The summed E-state index contributed by atoms with van der Waals surface area (Å²) in [6.07, 6.45) is 4.92. The fourth-order valence-electron chi connectivity index (χ4n) is 2.44. The lowest BCUT2D eigenvalue weighted by Crippen LogP contribution is -2.27. The molecule has 3 rings (SSSR count). The minimum Gasteiger partial charge on any atom is -0.354 e. The van der Waals surface area contributed by atoms with Crippen molar-refractivity contribution in [2.75, 3.05) is 6.54 Å². The largest absolute Gasteiger partial charge is 0.354 e. The summed E-state index contributed by atoms with van der Waals surface area (Å²) in [7, 11) is 0. The van der Waals surface area contributed by atoms with Crippen LogP contribution in [0.4, 0.5) is 0 Å². The molecule has 0 atom stereocenters. The Labute approximate surface area is 141 Å². The zero-order valence-electron chi connectivity index (χ0n) is 13.4. The highest BCUT2D eigenvalue weighted by molar-refractivity contribution is 5.76. The van der Waals surface area contributed by atoms with Gasteiger partial charge in [-0.1, -0.05) is 36.4 Å². The van der Waals surface area contributed by atoms with Crippen molar-refractivity contribution in [2.45, 2.75) is 19.4 Å². The van der Waals surface area contributed by atoms with Crippen molar-refractivity contribution in [3.63, 3.8) is 0 Å². The molecule has 1 aromatic carbocycles. The van der Waals surface area contributed by atoms with Crippen LogP contribution in [0.15, 0.2) is 67.0 Å². The van der Waals surface area contributed by atoms with Crippen LogP contribution < -0.4 is 5.32 Å². The van der Waals surface area contributed by atoms with E-state index in [2.05, 4.69) is 15.4 Å². The summed E-state index contributed by atoms with van der Waals surface area (Å²) in [5.74, 6) is 0.0657. The Morgan fingerprint density at radius 1 is 1.00 bits per heavy atom. The number of rotatable bonds is 7. The molecule has 1 N–H and O–H groups in total. The van der Waals surface area contributed by atoms with Crippen molar-refractivity contribution in [1.82, 2.24) is 20.1 Å². The van der Waals surface area contributed by atoms with Crippen molar-refractivity contribution < 1.29 is 4.79 Å². The normalized spacial score (nSPS) is 10.5. The van der Waals surface area contributed by atoms with Crippen molar-refractivity contribution >= 4 is 5.91 Å². The van der Waals surface area contributed by atoms with Gasteiger partial charge in [-0.3, -0.25) is 14.5 Å². The van der Waals surface area contributed by atoms with Gasteiger partial charge in [0.25, 0.3) is 0 Å². The van der Waals surface area contributed by atoms with Crippen LogP contribution in [0.25, 0.3) is 11.4 Å². The van der Waals surface area contributed by atoms with Gasteiger partial charge in [0.15, 0.2) is 0 Å². The second-order valence-corrected chi connectivity index (χ2v) is 5.51. The number of aryl methyl sites for hydroxylation is 1. The molecule has 0 aliphatic rings. The van der Waals surface area contributed by atoms with Crippen LogP contribution in [0.3, 0.4) is 0 Å². The third-order valence-electron chi connectivity index (χ3n) is 3.71. The SMILES string of the molecule is O=C(CCc1ccccc1)NCCn1ccc(-c2ccccn2)n1. The first kappa shape index (κ1) is 15.9. The Bertz CT molecular complexity index is 768. The molecule has 5 heteroatoms. The first-order chi connectivity index (χ1) is 11.8. The van der Waals surface area contributed by atoms with Gasteiger partial charge in [0.1, 0.15) is 5.69 Å². The van der Waals surface area contributed by atoms with Gasteiger partial charge >= 0.3 is 0 Å². The molecule has 2 aromatic heterocycles. The average Bonchev–Trinajstić information content (AvgIpc) is 3.11. The monoisotopic (exact) mass is 320 g/mol. The Kier molecular flexibility index (Phi) is 5.35. The second kappa shape index (κ2) is 8.06. The molecule has 0 aliphatic carbocycles. The molecule has 5 nitrogen and oxygen atoms in total. The van der Waals surface area contributed by atoms with Crippen LogP contribution >= 0.6 is 0 Å². The summed E-state index contributed by atoms with van der Waals surface area (Å²) in [5.41, 5.74) is 2.87. The maximum atomic E-state index is 11.9. The highest BCUT2D eigenvalue weighted by Gasteiger charge is 2.04. The van der Waals surface area contributed by atoms with Gasteiger partial charge in [-0.15, -0.1) is 0 Å². The van der Waals surface area contributed by atoms with Crippen LogP contribution in [0.5, 0.6) is 0 Å². The molecule has 0 spiro atoms. The van der Waals surface area contributed by atoms with Gasteiger partial charge in [0.05, 0.1) is 12.2 Å². The summed E-state index contributed by atoms with van der Waals surface area (Å²) in [4.78, 5) is 16.2. The summed E-state index contributed by atoms with van der Waals surface area (Å²) in [6.45, 7) is 1.21. The van der Waals surface area contributed by atoms with Crippen LogP contribution in [0.2, 0.25) is 0 Å². The predicted octanol–water partition coefficient (Wildman–Crippen LogP) is 2.69. The van der Waals surface area contributed by atoms with E-state index in [1.54, 1.807) is 6.20 Å². The fraction of sp³-hybridized carbons (Fsp3) is 0.211. The molecule has 0 radical (unpaired) electrons. The van der Waals surface area contributed by atoms with E-state index in [-0.39, 0.29) is 5.91 Å². The second-order valence-electron chi connectivity index (χ2n) is 5.51. The van der Waals surface area contributed by atoms with E-state index in [0.717, 1.165) is 17.8 Å². The number of nitrogens with one attached hydrogen (secondary N) is 1. The molecule has 1 amide bonds. The predicted molar refractivity (Wildman–Crippen MR) is 93.2 cm³/mol. The van der Waals surface area contributed by atoms with Crippen molar-refractivity contribution in [3.05, 3.63) is 72.6 Å².